The molecule has 0 saturated carbocycles. The molecular formula is C14H16N4O4S2. The minimum atomic E-state index is -3.81. The molecule has 8 nitrogen and oxygen atoms in total. The first kappa shape index (κ1) is 16.9. The summed E-state index contributed by atoms with van der Waals surface area (Å²) in [4.78, 5) is 14.6. The van der Waals surface area contributed by atoms with Crippen LogP contribution in [-0.2, 0) is 23.0 Å². The van der Waals surface area contributed by atoms with Gasteiger partial charge in [-0.05, 0) is 12.5 Å². The summed E-state index contributed by atoms with van der Waals surface area (Å²) in [6.07, 6.45) is 2.40. The highest BCUT2D eigenvalue weighted by atomic mass is 32.2. The molecule has 0 spiro atoms. The average Bonchev–Trinajstić information content (AvgIpc) is 3.08. The van der Waals surface area contributed by atoms with Gasteiger partial charge in [0.25, 0.3) is 5.69 Å². The second-order valence-corrected chi connectivity index (χ2v) is 8.21. The van der Waals surface area contributed by atoms with E-state index >= 15 is 0 Å². The molecule has 1 N–H and O–H groups in total. The quantitative estimate of drug-likeness (QED) is 0.614. The van der Waals surface area contributed by atoms with Gasteiger partial charge in [0.2, 0.25) is 10.0 Å². The van der Waals surface area contributed by atoms with Crippen molar-refractivity contribution in [2.45, 2.75) is 29.9 Å². The molecule has 0 saturated heterocycles. The Balaban J connectivity index is 1.69. The SMILES string of the molecule is Cc1ccc([N+](=O)[O-])cc1S(=O)(=O)NCCc1cn2c(n1)SCC2. The zero-order valence-corrected chi connectivity index (χ0v) is 14.6. The zero-order valence-electron chi connectivity index (χ0n) is 12.9. The summed E-state index contributed by atoms with van der Waals surface area (Å²) in [5, 5.41) is 11.8. The van der Waals surface area contributed by atoms with Crippen molar-refractivity contribution < 1.29 is 13.3 Å². The molecule has 0 aliphatic carbocycles. The summed E-state index contributed by atoms with van der Waals surface area (Å²) < 4.78 is 29.3. The van der Waals surface area contributed by atoms with E-state index in [1.807, 2.05) is 6.20 Å². The third kappa shape index (κ3) is 3.45. The number of sulfonamides is 1. The molecule has 0 unspecified atom stereocenters. The standard InChI is InChI=1S/C14H16N4O4S2/c1-10-2-3-12(18(19)20)8-13(10)24(21,22)15-5-4-11-9-17-6-7-23-14(17)16-11/h2-3,8-9,15H,4-7H2,1H3. The third-order valence-electron chi connectivity index (χ3n) is 3.70. The van der Waals surface area contributed by atoms with E-state index in [1.54, 1.807) is 18.7 Å². The van der Waals surface area contributed by atoms with Crippen LogP contribution in [0.5, 0.6) is 0 Å². The number of rotatable bonds is 6. The molecule has 1 aromatic carbocycles. The Morgan fingerprint density at radius 2 is 2.25 bits per heavy atom. The molecule has 0 radical (unpaired) electrons. The summed E-state index contributed by atoms with van der Waals surface area (Å²) in [6, 6.07) is 3.81. The lowest BCUT2D eigenvalue weighted by Gasteiger charge is -2.08. The molecule has 0 fully saturated rings. The number of aromatic nitrogens is 2. The van der Waals surface area contributed by atoms with E-state index in [2.05, 4.69) is 14.3 Å². The Morgan fingerprint density at radius 3 is 2.96 bits per heavy atom. The highest BCUT2D eigenvalue weighted by Gasteiger charge is 2.20. The number of nitrogens with zero attached hydrogens (tertiary/aromatic N) is 3. The monoisotopic (exact) mass is 368 g/mol. The number of nitro benzene ring substituents is 1. The Morgan fingerprint density at radius 1 is 1.46 bits per heavy atom. The lowest BCUT2D eigenvalue weighted by atomic mass is 10.2. The average molecular weight is 368 g/mol. The number of imidazole rings is 1. The van der Waals surface area contributed by atoms with Gasteiger partial charge in [-0.3, -0.25) is 10.1 Å². The Hall–Kier alpha value is -1.91. The summed E-state index contributed by atoms with van der Waals surface area (Å²) >= 11 is 1.68. The van der Waals surface area contributed by atoms with Crippen molar-refractivity contribution in [2.24, 2.45) is 0 Å². The Bertz CT molecular complexity index is 871. The molecule has 2 heterocycles. The van der Waals surface area contributed by atoms with Gasteiger partial charge in [0.05, 0.1) is 15.5 Å². The molecular weight excluding hydrogens is 352 g/mol. The molecule has 2 aromatic rings. The third-order valence-corrected chi connectivity index (χ3v) is 6.27. The molecule has 128 valence electrons. The van der Waals surface area contributed by atoms with Gasteiger partial charge >= 0.3 is 0 Å². The topological polar surface area (TPSA) is 107 Å². The maximum Gasteiger partial charge on any atom is 0.270 e. The van der Waals surface area contributed by atoms with Gasteiger partial charge < -0.3 is 4.57 Å². The van der Waals surface area contributed by atoms with E-state index in [1.165, 1.54) is 12.1 Å². The van der Waals surface area contributed by atoms with Crippen LogP contribution < -0.4 is 4.72 Å². The zero-order chi connectivity index (χ0) is 17.3. The van der Waals surface area contributed by atoms with E-state index in [4.69, 9.17) is 0 Å². The van der Waals surface area contributed by atoms with Gasteiger partial charge in [-0.2, -0.15) is 0 Å². The molecule has 1 aliphatic heterocycles. The Kier molecular flexibility index (Phi) is 4.61. The number of fused-ring (bicyclic) bond motifs is 1. The summed E-state index contributed by atoms with van der Waals surface area (Å²) in [5.41, 5.74) is 1.05. The van der Waals surface area contributed by atoms with Crippen molar-refractivity contribution >= 4 is 27.5 Å². The smallest absolute Gasteiger partial charge is 0.270 e. The number of hydrogen-bond acceptors (Lipinski definition) is 6. The van der Waals surface area contributed by atoms with Gasteiger partial charge in [0.15, 0.2) is 5.16 Å². The van der Waals surface area contributed by atoms with E-state index in [0.717, 1.165) is 29.2 Å². The van der Waals surface area contributed by atoms with Crippen molar-refractivity contribution in [1.82, 2.24) is 14.3 Å². The normalized spacial score (nSPS) is 13.9. The van der Waals surface area contributed by atoms with Crippen molar-refractivity contribution in [1.29, 1.82) is 0 Å². The Labute approximate surface area is 143 Å². The van der Waals surface area contributed by atoms with Gasteiger partial charge in [0.1, 0.15) is 0 Å². The summed E-state index contributed by atoms with van der Waals surface area (Å²) in [5.74, 6) is 1.02. The molecule has 1 aromatic heterocycles. The van der Waals surface area contributed by atoms with Crippen LogP contribution in [0.2, 0.25) is 0 Å². The van der Waals surface area contributed by atoms with E-state index in [0.29, 0.717) is 12.0 Å². The first-order valence-corrected chi connectivity index (χ1v) is 9.77. The fourth-order valence-electron chi connectivity index (χ4n) is 2.47. The number of nitro groups is 1. The number of benzene rings is 1. The van der Waals surface area contributed by atoms with Crippen LogP contribution in [0, 0.1) is 17.0 Å². The predicted octanol–water partition coefficient (Wildman–Crippen LogP) is 1.73. The lowest BCUT2D eigenvalue weighted by molar-refractivity contribution is -0.385. The fourth-order valence-corrected chi connectivity index (χ4v) is 4.72. The second-order valence-electron chi connectivity index (χ2n) is 5.41. The first-order chi connectivity index (χ1) is 11.4. The molecule has 10 heteroatoms. The molecule has 0 bridgehead atoms. The van der Waals surface area contributed by atoms with Gasteiger partial charge in [-0.15, -0.1) is 0 Å². The van der Waals surface area contributed by atoms with Crippen molar-refractivity contribution in [3.05, 3.63) is 45.8 Å². The van der Waals surface area contributed by atoms with Crippen LogP contribution >= 0.6 is 11.8 Å². The van der Waals surface area contributed by atoms with Crippen LogP contribution in [0.15, 0.2) is 34.4 Å². The van der Waals surface area contributed by atoms with Crippen molar-refractivity contribution in [3.8, 4) is 0 Å². The minimum absolute atomic E-state index is 0.0698. The van der Waals surface area contributed by atoms with Crippen LogP contribution in [0.25, 0.3) is 0 Å². The summed E-state index contributed by atoms with van der Waals surface area (Å²) in [6.45, 7) is 2.71. The maximum atomic E-state index is 12.4. The maximum absolute atomic E-state index is 12.4. The number of nitrogens with one attached hydrogen (secondary N) is 1. The molecule has 24 heavy (non-hydrogen) atoms. The molecule has 1 aliphatic rings. The van der Waals surface area contributed by atoms with Crippen LogP contribution in [0.4, 0.5) is 5.69 Å². The van der Waals surface area contributed by atoms with Crippen molar-refractivity contribution in [3.63, 3.8) is 0 Å². The van der Waals surface area contributed by atoms with Crippen LogP contribution in [0.1, 0.15) is 11.3 Å². The summed E-state index contributed by atoms with van der Waals surface area (Å²) in [7, 11) is -3.81. The van der Waals surface area contributed by atoms with Gasteiger partial charge in [-0.25, -0.2) is 18.1 Å². The highest BCUT2D eigenvalue weighted by molar-refractivity contribution is 7.99. The first-order valence-electron chi connectivity index (χ1n) is 7.30. The largest absolute Gasteiger partial charge is 0.325 e. The molecule has 0 atom stereocenters. The van der Waals surface area contributed by atoms with Crippen LogP contribution in [0.3, 0.4) is 0 Å². The van der Waals surface area contributed by atoms with Crippen molar-refractivity contribution in [2.75, 3.05) is 12.3 Å². The molecule has 3 rings (SSSR count). The number of aryl methyl sites for hydroxylation is 2. The van der Waals surface area contributed by atoms with Gasteiger partial charge in [0, 0.05) is 43.6 Å². The second kappa shape index (κ2) is 6.54. The number of non-ortho nitro benzene ring substituents is 1. The lowest BCUT2D eigenvalue weighted by Crippen LogP contribution is -2.26. The van der Waals surface area contributed by atoms with E-state index in [9.17, 15) is 18.5 Å². The van der Waals surface area contributed by atoms with Gasteiger partial charge in [-0.1, -0.05) is 17.8 Å². The highest BCUT2D eigenvalue weighted by Crippen LogP contribution is 2.25. The van der Waals surface area contributed by atoms with E-state index in [-0.39, 0.29) is 17.1 Å². The number of hydrogen-bond donors (Lipinski definition) is 1. The predicted molar refractivity (Wildman–Crippen MR) is 89.7 cm³/mol. The number of thioether (sulfide) groups is 1. The van der Waals surface area contributed by atoms with Crippen LogP contribution in [-0.4, -0.2) is 35.2 Å². The molecule has 0 amide bonds. The van der Waals surface area contributed by atoms with E-state index < -0.39 is 14.9 Å². The fraction of sp³-hybridized carbons (Fsp3) is 0.357. The minimum Gasteiger partial charge on any atom is -0.325 e.